The number of thiophene rings is 1. The van der Waals surface area contributed by atoms with E-state index in [1.165, 1.54) is 30.2 Å². The van der Waals surface area contributed by atoms with Gasteiger partial charge in [0.05, 0.1) is 18.6 Å². The predicted molar refractivity (Wildman–Crippen MR) is 120 cm³/mol. The molecular formula is C21H17N5O3S2. The van der Waals surface area contributed by atoms with Gasteiger partial charge in [0.15, 0.2) is 0 Å². The number of hydrogen-bond donors (Lipinski definition) is 1. The molecule has 2 aromatic heterocycles. The van der Waals surface area contributed by atoms with Gasteiger partial charge < -0.3 is 10.1 Å². The number of thioether (sulfide) groups is 1. The second-order valence-electron chi connectivity index (χ2n) is 6.26. The van der Waals surface area contributed by atoms with Crippen LogP contribution in [0.2, 0.25) is 0 Å². The first kappa shape index (κ1) is 20.8. The molecule has 0 unspecified atom stereocenters. The molecule has 0 atom stereocenters. The summed E-state index contributed by atoms with van der Waals surface area (Å²) in [6, 6.07) is 18.9. The second-order valence-corrected chi connectivity index (χ2v) is 8.08. The van der Waals surface area contributed by atoms with Crippen LogP contribution in [0.4, 0.5) is 5.00 Å². The summed E-state index contributed by atoms with van der Waals surface area (Å²) in [5, 5.41) is 17.2. The van der Waals surface area contributed by atoms with Gasteiger partial charge in [-0.1, -0.05) is 60.3 Å². The average Bonchev–Trinajstić information content (AvgIpc) is 3.45. The number of amides is 1. The Bertz CT molecular complexity index is 1190. The van der Waals surface area contributed by atoms with E-state index in [0.29, 0.717) is 21.3 Å². The molecule has 31 heavy (non-hydrogen) atoms. The number of benzene rings is 2. The van der Waals surface area contributed by atoms with Gasteiger partial charge >= 0.3 is 5.97 Å². The molecule has 0 saturated carbocycles. The maximum absolute atomic E-state index is 12.6. The van der Waals surface area contributed by atoms with Crippen molar-refractivity contribution in [3.63, 3.8) is 0 Å². The minimum atomic E-state index is -0.504. The largest absolute Gasteiger partial charge is 0.465 e. The summed E-state index contributed by atoms with van der Waals surface area (Å²) < 4.78 is 6.51. The summed E-state index contributed by atoms with van der Waals surface area (Å²) in [5.41, 5.74) is 2.73. The molecule has 0 aliphatic heterocycles. The first-order chi connectivity index (χ1) is 15.2. The Morgan fingerprint density at radius 2 is 1.81 bits per heavy atom. The third-order valence-electron chi connectivity index (χ3n) is 4.29. The fourth-order valence-electron chi connectivity index (χ4n) is 2.88. The number of aromatic nitrogens is 4. The Morgan fingerprint density at radius 1 is 1.10 bits per heavy atom. The Morgan fingerprint density at radius 3 is 2.52 bits per heavy atom. The third-order valence-corrected chi connectivity index (χ3v) is 6.11. The maximum Gasteiger partial charge on any atom is 0.341 e. The van der Waals surface area contributed by atoms with Crippen molar-refractivity contribution in [2.45, 2.75) is 5.16 Å². The molecule has 2 aromatic carbocycles. The molecule has 0 spiro atoms. The van der Waals surface area contributed by atoms with Gasteiger partial charge in [0.2, 0.25) is 11.1 Å². The molecule has 1 N–H and O–H groups in total. The van der Waals surface area contributed by atoms with Crippen molar-refractivity contribution in [1.29, 1.82) is 0 Å². The Balaban J connectivity index is 1.49. The minimum absolute atomic E-state index is 0.0758. The Kier molecular flexibility index (Phi) is 6.39. The molecule has 0 bridgehead atoms. The summed E-state index contributed by atoms with van der Waals surface area (Å²) in [6.45, 7) is 0. The van der Waals surface area contributed by atoms with Crippen LogP contribution in [0.5, 0.6) is 0 Å². The maximum atomic E-state index is 12.6. The van der Waals surface area contributed by atoms with E-state index < -0.39 is 5.97 Å². The van der Waals surface area contributed by atoms with Crippen LogP contribution in [0.15, 0.2) is 71.2 Å². The summed E-state index contributed by atoms with van der Waals surface area (Å²) >= 11 is 2.48. The van der Waals surface area contributed by atoms with E-state index in [0.717, 1.165) is 11.3 Å². The van der Waals surface area contributed by atoms with Gasteiger partial charge in [-0.25, -0.2) is 4.79 Å². The zero-order valence-corrected chi connectivity index (χ0v) is 18.0. The molecule has 0 radical (unpaired) electrons. The summed E-state index contributed by atoms with van der Waals surface area (Å²) in [6.07, 6.45) is 0. The average molecular weight is 452 g/mol. The quantitative estimate of drug-likeness (QED) is 0.336. The number of para-hydroxylation sites is 1. The van der Waals surface area contributed by atoms with Gasteiger partial charge in [-0.3, -0.25) is 4.79 Å². The highest BCUT2D eigenvalue weighted by molar-refractivity contribution is 7.99. The highest BCUT2D eigenvalue weighted by atomic mass is 32.2. The predicted octanol–water partition coefficient (Wildman–Crippen LogP) is 3.91. The molecule has 1 amide bonds. The fourth-order valence-corrected chi connectivity index (χ4v) is 4.54. The molecule has 2 heterocycles. The van der Waals surface area contributed by atoms with Crippen molar-refractivity contribution in [3.05, 3.63) is 71.6 Å². The highest BCUT2D eigenvalue weighted by Gasteiger charge is 2.22. The number of hydrogen-bond acceptors (Lipinski definition) is 8. The van der Waals surface area contributed by atoms with Crippen molar-refractivity contribution in [2.24, 2.45) is 0 Å². The van der Waals surface area contributed by atoms with Crippen LogP contribution in [0.1, 0.15) is 10.4 Å². The Labute approximate surface area is 186 Å². The summed E-state index contributed by atoms with van der Waals surface area (Å²) in [7, 11) is 1.32. The smallest absolute Gasteiger partial charge is 0.341 e. The van der Waals surface area contributed by atoms with Crippen LogP contribution in [-0.4, -0.2) is 44.9 Å². The zero-order chi connectivity index (χ0) is 21.6. The van der Waals surface area contributed by atoms with Gasteiger partial charge in [0, 0.05) is 10.9 Å². The number of nitrogens with zero attached hydrogens (tertiary/aromatic N) is 4. The second kappa shape index (κ2) is 9.54. The van der Waals surface area contributed by atoms with Crippen molar-refractivity contribution in [1.82, 2.24) is 20.2 Å². The lowest BCUT2D eigenvalue weighted by atomic mass is 10.0. The molecule has 156 valence electrons. The highest BCUT2D eigenvalue weighted by Crippen LogP contribution is 2.36. The fraction of sp³-hybridized carbons (Fsp3) is 0.0952. The number of anilines is 1. The number of ether oxygens (including phenoxy) is 1. The molecule has 0 aliphatic carbocycles. The van der Waals surface area contributed by atoms with Gasteiger partial charge in [-0.15, -0.1) is 16.4 Å². The number of carbonyl (C=O) groups excluding carboxylic acids is 2. The van der Waals surface area contributed by atoms with E-state index in [1.807, 2.05) is 66.0 Å². The van der Waals surface area contributed by atoms with E-state index in [1.54, 1.807) is 4.68 Å². The van der Waals surface area contributed by atoms with Crippen LogP contribution in [0, 0.1) is 0 Å². The number of esters is 1. The van der Waals surface area contributed by atoms with E-state index in [2.05, 4.69) is 20.8 Å². The van der Waals surface area contributed by atoms with E-state index in [9.17, 15) is 9.59 Å². The van der Waals surface area contributed by atoms with Gasteiger partial charge in [-0.2, -0.15) is 4.68 Å². The number of nitrogens with one attached hydrogen (secondary N) is 1. The van der Waals surface area contributed by atoms with Crippen molar-refractivity contribution >= 4 is 40.0 Å². The molecule has 0 aliphatic rings. The molecular weight excluding hydrogens is 434 g/mol. The van der Waals surface area contributed by atoms with Crippen LogP contribution < -0.4 is 5.32 Å². The van der Waals surface area contributed by atoms with E-state index >= 15 is 0 Å². The van der Waals surface area contributed by atoms with Gasteiger partial charge in [0.25, 0.3) is 0 Å². The zero-order valence-electron chi connectivity index (χ0n) is 16.4. The van der Waals surface area contributed by atoms with Crippen molar-refractivity contribution in [2.75, 3.05) is 18.2 Å². The number of methoxy groups -OCH3 is 1. The standard InChI is InChI=1S/C21H17N5O3S2/c1-29-20(28)18-16(14-8-4-2-5-9-14)12-30-19(18)22-17(27)13-31-21-23-24-25-26(21)15-10-6-3-7-11-15/h2-12H,13H2,1H3,(H,22,27). The lowest BCUT2D eigenvalue weighted by Crippen LogP contribution is -2.16. The molecule has 10 heteroatoms. The van der Waals surface area contributed by atoms with Crippen molar-refractivity contribution in [3.8, 4) is 16.8 Å². The first-order valence-corrected chi connectivity index (χ1v) is 11.1. The molecule has 4 aromatic rings. The van der Waals surface area contributed by atoms with Crippen LogP contribution in [0.25, 0.3) is 16.8 Å². The molecule has 0 fully saturated rings. The molecule has 4 rings (SSSR count). The molecule has 8 nitrogen and oxygen atoms in total. The number of tetrazole rings is 1. The lowest BCUT2D eigenvalue weighted by molar-refractivity contribution is -0.113. The Hall–Kier alpha value is -3.50. The first-order valence-electron chi connectivity index (χ1n) is 9.19. The molecule has 0 saturated heterocycles. The summed E-state index contributed by atoms with van der Waals surface area (Å²) in [5.74, 6) is -0.706. The SMILES string of the molecule is COC(=O)c1c(-c2ccccc2)csc1NC(=O)CSc1nnnn1-c1ccccc1. The van der Waals surface area contributed by atoms with E-state index in [-0.39, 0.29) is 11.7 Å². The minimum Gasteiger partial charge on any atom is -0.465 e. The van der Waals surface area contributed by atoms with Crippen molar-refractivity contribution < 1.29 is 14.3 Å². The van der Waals surface area contributed by atoms with Crippen LogP contribution >= 0.6 is 23.1 Å². The monoisotopic (exact) mass is 451 g/mol. The van der Waals surface area contributed by atoms with Crippen LogP contribution in [-0.2, 0) is 9.53 Å². The van der Waals surface area contributed by atoms with E-state index in [4.69, 9.17) is 4.74 Å². The third kappa shape index (κ3) is 4.65. The normalized spacial score (nSPS) is 10.6. The topological polar surface area (TPSA) is 99.0 Å². The van der Waals surface area contributed by atoms with Gasteiger partial charge in [0.1, 0.15) is 10.6 Å². The van der Waals surface area contributed by atoms with Gasteiger partial charge in [-0.05, 0) is 28.1 Å². The lowest BCUT2D eigenvalue weighted by Gasteiger charge is -2.08. The summed E-state index contributed by atoms with van der Waals surface area (Å²) in [4.78, 5) is 25.0. The number of carbonyl (C=O) groups is 2. The van der Waals surface area contributed by atoms with Crippen LogP contribution in [0.3, 0.4) is 0 Å². The number of rotatable bonds is 7.